The van der Waals surface area contributed by atoms with Crippen LogP contribution in [0.1, 0.15) is 30.6 Å². The Kier molecular flexibility index (Phi) is 5.94. The van der Waals surface area contributed by atoms with Crippen LogP contribution in [0.4, 0.5) is 0 Å². The van der Waals surface area contributed by atoms with E-state index in [0.717, 1.165) is 29.9 Å². The van der Waals surface area contributed by atoms with Crippen LogP contribution in [0.2, 0.25) is 0 Å². The van der Waals surface area contributed by atoms with Crippen molar-refractivity contribution >= 4 is 23.6 Å². The number of hydrogen-bond acceptors (Lipinski definition) is 5. The standard InChI is InChI=1S/C15H19NO5S/c1-2-3-13(22-8-14(17)16-7-15(18)19)10-4-5-11-12(6-10)21-9-20-11/h4-6,13H,2-3,7-9H2,1H3,(H,16,17)(H,18,19). The third kappa shape index (κ3) is 4.56. The van der Waals surface area contributed by atoms with Crippen LogP contribution in [0.25, 0.3) is 0 Å². The van der Waals surface area contributed by atoms with Crippen LogP contribution in [0.15, 0.2) is 18.2 Å². The van der Waals surface area contributed by atoms with Crippen LogP contribution in [0, 0.1) is 0 Å². The highest BCUT2D eigenvalue weighted by atomic mass is 32.2. The van der Waals surface area contributed by atoms with Gasteiger partial charge in [0.25, 0.3) is 0 Å². The smallest absolute Gasteiger partial charge is 0.322 e. The fourth-order valence-electron chi connectivity index (χ4n) is 2.12. The molecule has 0 aliphatic carbocycles. The van der Waals surface area contributed by atoms with Crippen molar-refractivity contribution in [2.24, 2.45) is 0 Å². The molecule has 1 atom stereocenters. The number of rotatable bonds is 8. The van der Waals surface area contributed by atoms with Gasteiger partial charge in [-0.25, -0.2) is 0 Å². The molecule has 0 aromatic heterocycles. The Labute approximate surface area is 133 Å². The number of carbonyl (C=O) groups excluding carboxylic acids is 1. The second-order valence-electron chi connectivity index (χ2n) is 4.87. The monoisotopic (exact) mass is 325 g/mol. The minimum absolute atomic E-state index is 0.162. The molecule has 2 rings (SSSR count). The predicted molar refractivity (Wildman–Crippen MR) is 83.3 cm³/mol. The summed E-state index contributed by atoms with van der Waals surface area (Å²) in [5, 5.41) is 11.1. The maximum atomic E-state index is 11.6. The molecule has 0 saturated heterocycles. The number of nitrogens with one attached hydrogen (secondary N) is 1. The molecule has 6 nitrogen and oxygen atoms in total. The van der Waals surface area contributed by atoms with Gasteiger partial charge in [-0.05, 0) is 24.1 Å². The molecule has 0 bridgehead atoms. The molecular formula is C15H19NO5S. The van der Waals surface area contributed by atoms with Crippen LogP contribution in [-0.4, -0.2) is 36.1 Å². The first-order valence-corrected chi connectivity index (χ1v) is 8.14. The van der Waals surface area contributed by atoms with E-state index in [9.17, 15) is 9.59 Å². The van der Waals surface area contributed by atoms with Gasteiger partial charge >= 0.3 is 5.97 Å². The quantitative estimate of drug-likeness (QED) is 0.762. The zero-order chi connectivity index (χ0) is 15.9. The first-order valence-electron chi connectivity index (χ1n) is 7.09. The van der Waals surface area contributed by atoms with Gasteiger partial charge in [0.2, 0.25) is 12.7 Å². The molecule has 22 heavy (non-hydrogen) atoms. The molecule has 0 radical (unpaired) electrons. The maximum Gasteiger partial charge on any atom is 0.322 e. The maximum absolute atomic E-state index is 11.6. The lowest BCUT2D eigenvalue weighted by atomic mass is 10.1. The summed E-state index contributed by atoms with van der Waals surface area (Å²) in [6.45, 7) is 1.98. The Morgan fingerprint density at radius 1 is 1.36 bits per heavy atom. The van der Waals surface area contributed by atoms with Gasteiger partial charge in [-0.15, -0.1) is 11.8 Å². The molecule has 1 unspecified atom stereocenters. The summed E-state index contributed by atoms with van der Waals surface area (Å²) >= 11 is 1.50. The summed E-state index contributed by atoms with van der Waals surface area (Å²) in [7, 11) is 0. The van der Waals surface area contributed by atoms with E-state index in [1.54, 1.807) is 0 Å². The number of carbonyl (C=O) groups is 2. The van der Waals surface area contributed by atoms with Crippen molar-refractivity contribution in [3.63, 3.8) is 0 Å². The van der Waals surface area contributed by atoms with E-state index < -0.39 is 5.97 Å². The van der Waals surface area contributed by atoms with Crippen LogP contribution < -0.4 is 14.8 Å². The molecule has 1 aromatic rings. The molecule has 0 saturated carbocycles. The number of aliphatic carboxylic acids is 1. The van der Waals surface area contributed by atoms with E-state index in [0.29, 0.717) is 0 Å². The molecule has 1 aromatic carbocycles. The summed E-state index contributed by atoms with van der Waals surface area (Å²) in [5.41, 5.74) is 1.09. The van der Waals surface area contributed by atoms with Crippen LogP contribution in [0.5, 0.6) is 11.5 Å². The average Bonchev–Trinajstić information content (AvgIpc) is 2.96. The lowest BCUT2D eigenvalue weighted by Gasteiger charge is -2.16. The topological polar surface area (TPSA) is 84.9 Å². The zero-order valence-electron chi connectivity index (χ0n) is 12.3. The summed E-state index contributed by atoms with van der Waals surface area (Å²) in [6.07, 6.45) is 1.92. The molecule has 120 valence electrons. The Morgan fingerprint density at radius 3 is 2.86 bits per heavy atom. The van der Waals surface area contributed by atoms with Crippen molar-refractivity contribution in [1.82, 2.24) is 5.32 Å². The highest BCUT2D eigenvalue weighted by Gasteiger charge is 2.19. The molecule has 1 aliphatic rings. The molecule has 1 amide bonds. The van der Waals surface area contributed by atoms with E-state index >= 15 is 0 Å². The lowest BCUT2D eigenvalue weighted by molar-refractivity contribution is -0.137. The third-order valence-corrected chi connectivity index (χ3v) is 4.51. The first kappa shape index (κ1) is 16.5. The van der Waals surface area contributed by atoms with Gasteiger partial charge in [-0.3, -0.25) is 9.59 Å². The number of fused-ring (bicyclic) bond motifs is 1. The van der Waals surface area contributed by atoms with Crippen molar-refractivity contribution < 1.29 is 24.2 Å². The van der Waals surface area contributed by atoms with Gasteiger partial charge in [0.05, 0.1) is 5.75 Å². The Hall–Kier alpha value is -1.89. The van der Waals surface area contributed by atoms with E-state index in [4.69, 9.17) is 14.6 Å². The summed E-state index contributed by atoms with van der Waals surface area (Å²) in [4.78, 5) is 22.1. The zero-order valence-corrected chi connectivity index (χ0v) is 13.1. The fraction of sp³-hybridized carbons (Fsp3) is 0.467. The normalized spacial score (nSPS) is 13.7. The number of benzene rings is 1. The SMILES string of the molecule is CCCC(SCC(=O)NCC(=O)O)c1ccc2c(c1)OCO2. The van der Waals surface area contributed by atoms with Crippen molar-refractivity contribution in [3.05, 3.63) is 23.8 Å². The Morgan fingerprint density at radius 2 is 2.14 bits per heavy atom. The number of carboxylic acid groups (broad SMARTS) is 1. The first-order chi connectivity index (χ1) is 10.6. The van der Waals surface area contributed by atoms with Crippen molar-refractivity contribution in [2.75, 3.05) is 19.1 Å². The Bertz CT molecular complexity index is 549. The fourth-order valence-corrected chi connectivity index (χ4v) is 3.32. The van der Waals surface area contributed by atoms with Gasteiger partial charge in [0.15, 0.2) is 11.5 Å². The number of thioether (sulfide) groups is 1. The van der Waals surface area contributed by atoms with Gasteiger partial charge in [-0.2, -0.15) is 0 Å². The molecular weight excluding hydrogens is 306 g/mol. The van der Waals surface area contributed by atoms with Crippen LogP contribution >= 0.6 is 11.8 Å². The van der Waals surface area contributed by atoms with Crippen LogP contribution in [-0.2, 0) is 9.59 Å². The summed E-state index contributed by atoms with van der Waals surface area (Å²) in [5.74, 6) is 0.387. The van der Waals surface area contributed by atoms with E-state index in [2.05, 4.69) is 12.2 Å². The van der Waals surface area contributed by atoms with E-state index in [1.165, 1.54) is 11.8 Å². The lowest BCUT2D eigenvalue weighted by Crippen LogP contribution is -2.30. The van der Waals surface area contributed by atoms with Crippen LogP contribution in [0.3, 0.4) is 0 Å². The molecule has 1 heterocycles. The van der Waals surface area contributed by atoms with Gasteiger partial charge in [0, 0.05) is 5.25 Å². The molecule has 0 fully saturated rings. The number of carboxylic acids is 1. The number of ether oxygens (including phenoxy) is 2. The predicted octanol–water partition coefficient (Wildman–Crippen LogP) is 2.19. The van der Waals surface area contributed by atoms with E-state index in [1.807, 2.05) is 18.2 Å². The minimum Gasteiger partial charge on any atom is -0.480 e. The number of hydrogen-bond donors (Lipinski definition) is 2. The number of amides is 1. The van der Waals surface area contributed by atoms with Crippen molar-refractivity contribution in [2.45, 2.75) is 25.0 Å². The summed E-state index contributed by atoms with van der Waals surface area (Å²) in [6, 6.07) is 5.81. The van der Waals surface area contributed by atoms with Gasteiger partial charge < -0.3 is 19.9 Å². The molecule has 0 spiro atoms. The van der Waals surface area contributed by atoms with Gasteiger partial charge in [-0.1, -0.05) is 19.4 Å². The van der Waals surface area contributed by atoms with Crippen molar-refractivity contribution in [1.29, 1.82) is 0 Å². The largest absolute Gasteiger partial charge is 0.480 e. The molecule has 2 N–H and O–H groups in total. The molecule has 1 aliphatic heterocycles. The van der Waals surface area contributed by atoms with Gasteiger partial charge in [0.1, 0.15) is 6.54 Å². The highest BCUT2D eigenvalue weighted by Crippen LogP contribution is 2.39. The highest BCUT2D eigenvalue weighted by molar-refractivity contribution is 8.00. The average molecular weight is 325 g/mol. The molecule has 7 heteroatoms. The Balaban J connectivity index is 1.94. The van der Waals surface area contributed by atoms with E-state index in [-0.39, 0.29) is 30.2 Å². The third-order valence-electron chi connectivity index (χ3n) is 3.17. The second-order valence-corrected chi connectivity index (χ2v) is 6.06. The second kappa shape index (κ2) is 7.93. The van der Waals surface area contributed by atoms with Crippen molar-refractivity contribution in [3.8, 4) is 11.5 Å². The minimum atomic E-state index is -1.04. The summed E-state index contributed by atoms with van der Waals surface area (Å²) < 4.78 is 10.7.